The second kappa shape index (κ2) is 21.8. The number of hydrogen-bond donors (Lipinski definition) is 0. The van der Waals surface area contributed by atoms with Gasteiger partial charge in [0.25, 0.3) is 30.9 Å². The molecule has 0 amide bonds. The van der Waals surface area contributed by atoms with E-state index in [1.165, 1.54) is 196 Å². The summed E-state index contributed by atoms with van der Waals surface area (Å²) in [5.74, 6) is 4.11. The highest BCUT2D eigenvalue weighted by Gasteiger charge is 2.58. The van der Waals surface area contributed by atoms with E-state index in [-0.39, 0.29) is 0 Å². The molecule has 536 valence electrons. The van der Waals surface area contributed by atoms with Gasteiger partial charge < -0.3 is 17.7 Å². The average molecular weight is 1520 g/mol. The summed E-state index contributed by atoms with van der Waals surface area (Å²) in [4.78, 5) is 0. The zero-order valence-electron chi connectivity index (χ0n) is 63.4. The maximum atomic E-state index is 7.36. The minimum absolute atomic E-state index is 0.905. The maximum Gasteiger partial charge on any atom is 0.393 e. The number of aromatic nitrogens is 8. The monoisotopic (exact) mass is 1520 g/mol. The van der Waals surface area contributed by atoms with Crippen molar-refractivity contribution in [3.63, 3.8) is 0 Å². The van der Waals surface area contributed by atoms with Gasteiger partial charge in [-0.15, -0.1) is 0 Å². The lowest BCUT2D eigenvalue weighted by molar-refractivity contribution is -0.488. The van der Waals surface area contributed by atoms with Crippen molar-refractivity contribution in [2.24, 2.45) is 0 Å². The molecule has 0 aliphatic carbocycles. The van der Waals surface area contributed by atoms with Crippen molar-refractivity contribution in [1.29, 1.82) is 0 Å². The molecule has 12 aromatic carbocycles. The van der Waals surface area contributed by atoms with Crippen LogP contribution in [0.3, 0.4) is 0 Å². The first-order valence-electron chi connectivity index (χ1n) is 39.4. The highest BCUT2D eigenvalue weighted by atomic mass is 28.4. The fraction of sp³-hybridized carbons (Fsp3) is 0.125. The molecule has 112 heavy (non-hydrogen) atoms. The Morgan fingerprint density at radius 3 is 1.02 bits per heavy atom. The number of nitrogens with zero attached hydrogens (tertiary/aromatic N) is 8. The van der Waals surface area contributed by atoms with Crippen LogP contribution in [-0.2, 0) is 26.2 Å². The minimum Gasteiger partial charge on any atom is -0.533 e. The van der Waals surface area contributed by atoms with Crippen molar-refractivity contribution >= 4 is 184 Å². The largest absolute Gasteiger partial charge is 0.533 e. The van der Waals surface area contributed by atoms with Crippen LogP contribution in [0.5, 0.6) is 23.3 Å². The topological polar surface area (TPSA) is 73.0 Å². The number of benzene rings is 12. The summed E-state index contributed by atoms with van der Waals surface area (Å²) in [7, 11) is -9.47. The molecular formula is C96H76N8O4Si4+4. The normalized spacial score (nSPS) is 15.9. The quantitative estimate of drug-likeness (QED) is 0.1000. The summed E-state index contributed by atoms with van der Waals surface area (Å²) in [5, 5.41) is 26.9. The molecule has 20 aromatic rings. The van der Waals surface area contributed by atoms with E-state index in [1.807, 2.05) is 0 Å². The van der Waals surface area contributed by atoms with Crippen molar-refractivity contribution in [2.45, 2.75) is 80.1 Å². The van der Waals surface area contributed by atoms with Crippen LogP contribution in [0.1, 0.15) is 45.0 Å². The lowest BCUT2D eigenvalue weighted by Gasteiger charge is -2.34. The summed E-state index contributed by atoms with van der Waals surface area (Å²) in [6.45, 7) is 22.0. The maximum absolute atomic E-state index is 7.36. The molecule has 16 heteroatoms. The van der Waals surface area contributed by atoms with Crippen molar-refractivity contribution < 1.29 is 35.3 Å². The number of imidazole rings is 4. The van der Waals surface area contributed by atoms with Crippen LogP contribution < -0.4 is 77.1 Å². The summed E-state index contributed by atoms with van der Waals surface area (Å²) in [6.07, 6.45) is 0. The molecule has 8 aliphatic rings. The van der Waals surface area contributed by atoms with Gasteiger partial charge in [0.2, 0.25) is 0 Å². The molecule has 28 rings (SSSR count). The third-order valence-electron chi connectivity index (χ3n) is 26.5. The third-order valence-corrected chi connectivity index (χ3v) is 39.4. The third kappa shape index (κ3) is 7.70. The van der Waals surface area contributed by atoms with E-state index in [2.05, 4.69) is 357 Å². The highest BCUT2D eigenvalue weighted by molar-refractivity contribution is 7.09. The molecule has 16 heterocycles. The van der Waals surface area contributed by atoms with Gasteiger partial charge in [-0.2, -0.15) is 17.6 Å². The summed E-state index contributed by atoms with van der Waals surface area (Å²) in [5.41, 5.74) is 21.2. The Hall–Kier alpha value is -12.5. The standard InChI is InChI=1S/2C29H21N2OSi.2C19H17N2OSi/c1-19-29-31-27-24(23-15-8-10-20-18-30(19)28(31)26(20)23)16-9-17-25(27)33(32-29,21-11-4-2-5-12-21)22-13-6-3-7-14-22;1-19-29-31-27-24(23-15-8-10-20-18-30(19)28(31)26(20)23)16-9-17-25(27)32-33(29,21-11-4-2-5-12-21)22-13-6-3-7-14-22;1-11-19-21-17-14(8-5-9-15(17)23(2,3)22-19)13-7-4-6-12-10-20(11)18(21)16(12)13;1-11-19-21-17-14(8-5-9-15(17)22-23(19,2)3)13-7-4-6-12-10-20(11)18(21)16(12)13/h2*2-17H,18H2,1H3;2*4-9H,10H2,1-3H3/q4*+1. The molecule has 0 radical (unpaired) electrons. The molecule has 0 unspecified atom stereocenters. The van der Waals surface area contributed by atoms with E-state index in [1.54, 1.807) is 0 Å². The molecule has 0 saturated carbocycles. The van der Waals surface area contributed by atoms with Gasteiger partial charge in [0.05, 0.1) is 21.5 Å². The highest BCUT2D eigenvalue weighted by Crippen LogP contribution is 2.45. The van der Waals surface area contributed by atoms with Gasteiger partial charge in [0.1, 0.15) is 48.6 Å². The van der Waals surface area contributed by atoms with Crippen molar-refractivity contribution in [2.75, 3.05) is 0 Å². The van der Waals surface area contributed by atoms with E-state index in [0.29, 0.717) is 0 Å². The lowest BCUT2D eigenvalue weighted by atomic mass is 10.0. The number of fused-ring (bicyclic) bond motifs is 4. The van der Waals surface area contributed by atoms with E-state index >= 15 is 0 Å². The molecule has 0 fully saturated rings. The Morgan fingerprint density at radius 1 is 0.259 bits per heavy atom. The molecule has 12 nitrogen and oxygen atoms in total. The number of pyridine rings is 4. The van der Waals surface area contributed by atoms with Crippen LogP contribution in [0, 0.1) is 27.7 Å². The lowest BCUT2D eigenvalue weighted by Crippen LogP contribution is -2.78. The SMILES string of the molecule is Cc1c2[n+]3c4c(cccc4c4cccc5c4c3n1C5)O[Si]2(C)C.Cc1c2[n+]3c4c(cccc4c4cccc5c4c3n1C5)O[Si]2(c1ccccc1)c1ccccc1.Cc1c2[n+]3c4c(cccc4c4cccc5c4c3n1C5)[Si](C)(C)O2.Cc1c2[n+]3c4c(cccc4c4cccc5c4c3n1C5)[Si](c1ccccc1)(c1ccccc1)O2. The Bertz CT molecular complexity index is 7680. The van der Waals surface area contributed by atoms with Gasteiger partial charge in [-0.1, -0.05) is 243 Å². The zero-order chi connectivity index (χ0) is 74.5. The Kier molecular flexibility index (Phi) is 12.3. The number of rotatable bonds is 4. The molecular weight excluding hydrogens is 1440 g/mol. The molecule has 0 saturated heterocycles. The van der Waals surface area contributed by atoms with E-state index < -0.39 is 33.3 Å². The molecule has 8 aromatic heterocycles. The Balaban J connectivity index is 0.0000000859. The zero-order valence-corrected chi connectivity index (χ0v) is 67.4. The number of hydrogen-bond acceptors (Lipinski definition) is 4. The van der Waals surface area contributed by atoms with Crippen LogP contribution >= 0.6 is 0 Å². The molecule has 0 atom stereocenters. The smallest absolute Gasteiger partial charge is 0.393 e. The second-order valence-corrected chi connectivity index (χ2v) is 46.9. The van der Waals surface area contributed by atoms with Gasteiger partial charge in [-0.3, -0.25) is 0 Å². The van der Waals surface area contributed by atoms with Crippen LogP contribution in [0.25, 0.3) is 109 Å². The van der Waals surface area contributed by atoms with Gasteiger partial charge >= 0.3 is 36.7 Å². The molecule has 8 aliphatic heterocycles. The van der Waals surface area contributed by atoms with Crippen LogP contribution in [0.2, 0.25) is 26.2 Å². The van der Waals surface area contributed by atoms with Gasteiger partial charge in [-0.25, -0.2) is 18.3 Å². The first kappa shape index (κ1) is 63.3. The van der Waals surface area contributed by atoms with Crippen LogP contribution in [-0.4, -0.2) is 51.5 Å². The Morgan fingerprint density at radius 2 is 0.580 bits per heavy atom. The van der Waals surface area contributed by atoms with Crippen LogP contribution in [0.4, 0.5) is 0 Å². The second-order valence-electron chi connectivity index (χ2n) is 33.0. The fourth-order valence-electron chi connectivity index (χ4n) is 21.9. The van der Waals surface area contributed by atoms with E-state index in [0.717, 1.165) is 49.4 Å². The Labute approximate surface area is 648 Å². The van der Waals surface area contributed by atoms with Gasteiger partial charge in [0, 0.05) is 103 Å². The molecule has 0 N–H and O–H groups in total. The summed E-state index contributed by atoms with van der Waals surface area (Å²) in [6, 6.07) is 97.1. The predicted octanol–water partition coefficient (Wildman–Crippen LogP) is 13.1. The minimum atomic E-state index is -2.80. The van der Waals surface area contributed by atoms with Crippen molar-refractivity contribution in [3.8, 4) is 23.3 Å². The van der Waals surface area contributed by atoms with E-state index in [4.69, 9.17) is 17.7 Å². The first-order chi connectivity index (χ1) is 54.7. The predicted molar refractivity (Wildman–Crippen MR) is 458 cm³/mol. The number of para-hydroxylation sites is 4. The fourth-order valence-corrected chi connectivity index (χ4v) is 34.9. The average Bonchev–Trinajstić information content (AvgIpc) is 1.49. The van der Waals surface area contributed by atoms with Gasteiger partial charge in [-0.05, 0) is 71.2 Å². The van der Waals surface area contributed by atoms with Crippen molar-refractivity contribution in [3.05, 3.63) is 312 Å². The summed E-state index contributed by atoms with van der Waals surface area (Å²) >= 11 is 0. The first-order valence-corrected chi connectivity index (χ1v) is 49.0. The van der Waals surface area contributed by atoms with Crippen LogP contribution in [0.15, 0.2) is 267 Å². The van der Waals surface area contributed by atoms with Crippen molar-refractivity contribution in [1.82, 2.24) is 18.3 Å². The summed E-state index contributed by atoms with van der Waals surface area (Å²) < 4.78 is 47.6. The molecule has 0 bridgehead atoms. The molecule has 0 spiro atoms. The van der Waals surface area contributed by atoms with Gasteiger partial charge in [0.15, 0.2) is 44.6 Å². The van der Waals surface area contributed by atoms with E-state index in [9.17, 15) is 0 Å².